The van der Waals surface area contributed by atoms with Gasteiger partial charge in [-0.2, -0.15) is 0 Å². The van der Waals surface area contributed by atoms with Crippen molar-refractivity contribution in [2.45, 2.75) is 31.8 Å². The van der Waals surface area contributed by atoms with Gasteiger partial charge in [-0.1, -0.05) is 18.2 Å². The Morgan fingerprint density at radius 2 is 1.74 bits per heavy atom. The van der Waals surface area contributed by atoms with Gasteiger partial charge in [-0.15, -0.1) is 0 Å². The molecule has 1 saturated carbocycles. The van der Waals surface area contributed by atoms with Crippen molar-refractivity contribution in [3.8, 4) is 0 Å². The molecule has 0 bridgehead atoms. The zero-order valence-corrected chi connectivity index (χ0v) is 13.5. The number of piperazine rings is 1. The lowest BCUT2D eigenvalue weighted by molar-refractivity contribution is -0.126. The van der Waals surface area contributed by atoms with E-state index in [2.05, 4.69) is 15.5 Å². The summed E-state index contributed by atoms with van der Waals surface area (Å²) >= 11 is 0. The standard InChI is InChI=1S/C17H24N4O2/c1-13(16(22)18-15-7-8-15)20-9-11-21(12-10-20)17(23)19-14-5-3-2-4-6-14/h2-6,13,15H,7-12H2,1H3,(H,18,22)(H,19,23). The number of hydrogen-bond acceptors (Lipinski definition) is 3. The van der Waals surface area contributed by atoms with Crippen LogP contribution in [0.5, 0.6) is 0 Å². The third kappa shape index (κ3) is 4.22. The summed E-state index contributed by atoms with van der Waals surface area (Å²) in [5, 5.41) is 5.95. The van der Waals surface area contributed by atoms with E-state index in [-0.39, 0.29) is 18.0 Å². The number of rotatable bonds is 4. The maximum atomic E-state index is 12.2. The quantitative estimate of drug-likeness (QED) is 0.885. The number of carbonyl (C=O) groups is 2. The fourth-order valence-electron chi connectivity index (χ4n) is 2.75. The molecule has 0 radical (unpaired) electrons. The minimum absolute atomic E-state index is 0.0778. The Bertz CT molecular complexity index is 551. The molecule has 6 heteroatoms. The summed E-state index contributed by atoms with van der Waals surface area (Å²) in [6.45, 7) is 4.67. The lowest BCUT2D eigenvalue weighted by Gasteiger charge is -2.37. The maximum Gasteiger partial charge on any atom is 0.321 e. The zero-order valence-electron chi connectivity index (χ0n) is 13.5. The molecular weight excluding hydrogens is 292 g/mol. The molecule has 1 aliphatic carbocycles. The fraction of sp³-hybridized carbons (Fsp3) is 0.529. The number of nitrogens with one attached hydrogen (secondary N) is 2. The highest BCUT2D eigenvalue weighted by Gasteiger charge is 2.30. The van der Waals surface area contributed by atoms with E-state index in [1.54, 1.807) is 4.90 Å². The average molecular weight is 316 g/mol. The van der Waals surface area contributed by atoms with Gasteiger partial charge in [-0.25, -0.2) is 4.79 Å². The second-order valence-electron chi connectivity index (χ2n) is 6.28. The molecule has 1 atom stereocenters. The summed E-state index contributed by atoms with van der Waals surface area (Å²) in [6, 6.07) is 9.64. The molecule has 1 aromatic rings. The molecule has 23 heavy (non-hydrogen) atoms. The molecule has 3 rings (SSSR count). The van der Waals surface area contributed by atoms with Crippen LogP contribution in [0.2, 0.25) is 0 Å². The largest absolute Gasteiger partial charge is 0.352 e. The number of nitrogens with zero attached hydrogens (tertiary/aromatic N) is 2. The molecule has 3 amide bonds. The van der Waals surface area contributed by atoms with Gasteiger partial charge < -0.3 is 15.5 Å². The fourth-order valence-corrected chi connectivity index (χ4v) is 2.75. The van der Waals surface area contributed by atoms with Gasteiger partial charge in [0.1, 0.15) is 0 Å². The number of para-hydroxylation sites is 1. The molecule has 2 N–H and O–H groups in total. The van der Waals surface area contributed by atoms with E-state index in [1.807, 2.05) is 37.3 Å². The second-order valence-corrected chi connectivity index (χ2v) is 6.28. The number of carbonyl (C=O) groups excluding carboxylic acids is 2. The van der Waals surface area contributed by atoms with Crippen molar-refractivity contribution in [1.82, 2.24) is 15.1 Å². The van der Waals surface area contributed by atoms with Crippen LogP contribution in [-0.2, 0) is 4.79 Å². The molecule has 1 unspecified atom stereocenters. The lowest BCUT2D eigenvalue weighted by atomic mass is 10.2. The van der Waals surface area contributed by atoms with Gasteiger partial charge in [0.25, 0.3) is 0 Å². The van der Waals surface area contributed by atoms with E-state index in [0.717, 1.165) is 31.6 Å². The van der Waals surface area contributed by atoms with Crippen LogP contribution in [0.15, 0.2) is 30.3 Å². The molecule has 1 saturated heterocycles. The van der Waals surface area contributed by atoms with Crippen LogP contribution in [0.3, 0.4) is 0 Å². The molecule has 0 spiro atoms. The summed E-state index contributed by atoms with van der Waals surface area (Å²) in [5.41, 5.74) is 0.803. The topological polar surface area (TPSA) is 64.7 Å². The predicted octanol–water partition coefficient (Wildman–Crippen LogP) is 1.50. The monoisotopic (exact) mass is 316 g/mol. The van der Waals surface area contributed by atoms with Crippen molar-refractivity contribution in [2.75, 3.05) is 31.5 Å². The van der Waals surface area contributed by atoms with E-state index in [0.29, 0.717) is 19.1 Å². The summed E-state index contributed by atoms with van der Waals surface area (Å²) < 4.78 is 0. The first-order valence-corrected chi connectivity index (χ1v) is 8.29. The van der Waals surface area contributed by atoms with Crippen LogP contribution in [0.4, 0.5) is 10.5 Å². The van der Waals surface area contributed by atoms with Crippen LogP contribution in [0.1, 0.15) is 19.8 Å². The number of urea groups is 1. The lowest BCUT2D eigenvalue weighted by Crippen LogP contribution is -2.55. The first-order valence-electron chi connectivity index (χ1n) is 8.29. The number of amides is 3. The van der Waals surface area contributed by atoms with Crippen molar-refractivity contribution >= 4 is 17.6 Å². The molecule has 1 aliphatic heterocycles. The number of benzene rings is 1. The zero-order chi connectivity index (χ0) is 16.2. The Labute approximate surface area is 136 Å². The van der Waals surface area contributed by atoms with E-state index in [1.165, 1.54) is 0 Å². The molecule has 6 nitrogen and oxygen atoms in total. The number of hydrogen-bond donors (Lipinski definition) is 2. The van der Waals surface area contributed by atoms with Crippen LogP contribution < -0.4 is 10.6 Å². The predicted molar refractivity (Wildman–Crippen MR) is 89.2 cm³/mol. The SMILES string of the molecule is CC(C(=O)NC1CC1)N1CCN(C(=O)Nc2ccccc2)CC1. The summed E-state index contributed by atoms with van der Waals surface area (Å²) in [5.74, 6) is 0.106. The molecule has 1 aromatic carbocycles. The first kappa shape index (κ1) is 15.8. The van der Waals surface area contributed by atoms with Crippen molar-refractivity contribution in [3.63, 3.8) is 0 Å². The second kappa shape index (κ2) is 7.00. The van der Waals surface area contributed by atoms with Crippen molar-refractivity contribution in [1.29, 1.82) is 0 Å². The van der Waals surface area contributed by atoms with Gasteiger partial charge in [0, 0.05) is 37.9 Å². The summed E-state index contributed by atoms with van der Waals surface area (Å²) in [7, 11) is 0. The van der Waals surface area contributed by atoms with Gasteiger partial charge >= 0.3 is 6.03 Å². The minimum atomic E-state index is -0.130. The molecule has 2 aliphatic rings. The van der Waals surface area contributed by atoms with Gasteiger partial charge in [0.05, 0.1) is 6.04 Å². The van der Waals surface area contributed by atoms with E-state index in [4.69, 9.17) is 0 Å². The third-order valence-corrected chi connectivity index (χ3v) is 4.48. The molecule has 1 heterocycles. The maximum absolute atomic E-state index is 12.2. The third-order valence-electron chi connectivity index (χ3n) is 4.48. The summed E-state index contributed by atoms with van der Waals surface area (Å²) in [4.78, 5) is 28.3. The van der Waals surface area contributed by atoms with Crippen molar-refractivity contribution in [3.05, 3.63) is 30.3 Å². The summed E-state index contributed by atoms with van der Waals surface area (Å²) in [6.07, 6.45) is 2.21. The van der Waals surface area contributed by atoms with Crippen LogP contribution in [-0.4, -0.2) is 60.0 Å². The normalized spacial score (nSPS) is 20.0. The van der Waals surface area contributed by atoms with Gasteiger partial charge in [0.15, 0.2) is 0 Å². The van der Waals surface area contributed by atoms with Crippen LogP contribution >= 0.6 is 0 Å². The Morgan fingerprint density at radius 3 is 2.35 bits per heavy atom. The van der Waals surface area contributed by atoms with E-state index < -0.39 is 0 Å². The minimum Gasteiger partial charge on any atom is -0.352 e. The highest BCUT2D eigenvalue weighted by molar-refractivity contribution is 5.89. The first-order chi connectivity index (χ1) is 11.1. The van der Waals surface area contributed by atoms with Crippen molar-refractivity contribution < 1.29 is 9.59 Å². The van der Waals surface area contributed by atoms with E-state index >= 15 is 0 Å². The Hall–Kier alpha value is -2.08. The van der Waals surface area contributed by atoms with Crippen LogP contribution in [0.25, 0.3) is 0 Å². The van der Waals surface area contributed by atoms with Crippen molar-refractivity contribution in [2.24, 2.45) is 0 Å². The van der Waals surface area contributed by atoms with Crippen LogP contribution in [0, 0.1) is 0 Å². The molecular formula is C17H24N4O2. The van der Waals surface area contributed by atoms with E-state index in [9.17, 15) is 9.59 Å². The van der Waals surface area contributed by atoms with Gasteiger partial charge in [0.2, 0.25) is 5.91 Å². The number of anilines is 1. The Balaban J connectivity index is 1.45. The molecule has 124 valence electrons. The van der Waals surface area contributed by atoms with Gasteiger partial charge in [-0.05, 0) is 31.9 Å². The molecule has 0 aromatic heterocycles. The average Bonchev–Trinajstić information content (AvgIpc) is 3.39. The highest BCUT2D eigenvalue weighted by Crippen LogP contribution is 2.19. The Morgan fingerprint density at radius 1 is 1.09 bits per heavy atom. The Kier molecular flexibility index (Phi) is 4.81. The highest BCUT2D eigenvalue weighted by atomic mass is 16.2. The molecule has 2 fully saturated rings. The smallest absolute Gasteiger partial charge is 0.321 e. The van der Waals surface area contributed by atoms with Gasteiger partial charge in [-0.3, -0.25) is 9.69 Å².